The first kappa shape index (κ1) is 19.5. The van der Waals surface area contributed by atoms with Crippen molar-refractivity contribution < 1.29 is 19.4 Å². The van der Waals surface area contributed by atoms with E-state index in [4.69, 9.17) is 4.74 Å². The summed E-state index contributed by atoms with van der Waals surface area (Å²) in [5, 5.41) is 13.8. The van der Waals surface area contributed by atoms with Crippen LogP contribution in [0.25, 0.3) is 5.69 Å². The lowest BCUT2D eigenvalue weighted by Gasteiger charge is -2.32. The number of aliphatic carboxylic acids is 1. The first-order chi connectivity index (χ1) is 13.9. The molecule has 154 valence electrons. The Labute approximate surface area is 170 Å². The molecule has 1 atom stereocenters. The van der Waals surface area contributed by atoms with Gasteiger partial charge in [0.2, 0.25) is 0 Å². The van der Waals surface area contributed by atoms with Gasteiger partial charge in [0, 0.05) is 13.1 Å². The number of para-hydroxylation sites is 1. The summed E-state index contributed by atoms with van der Waals surface area (Å²) in [6.45, 7) is 5.74. The van der Waals surface area contributed by atoms with Gasteiger partial charge < -0.3 is 14.7 Å². The van der Waals surface area contributed by atoms with Gasteiger partial charge in [0.05, 0.1) is 24.4 Å². The van der Waals surface area contributed by atoms with Crippen molar-refractivity contribution in [2.45, 2.75) is 33.1 Å². The van der Waals surface area contributed by atoms with Crippen molar-refractivity contribution in [1.29, 1.82) is 0 Å². The minimum Gasteiger partial charge on any atom is -0.489 e. The standard InChI is InChI=1S/C22H27N3O4/c1-15(2)14-29-18-13-25(16-6-4-3-5-7-16)23-19(18)20(26)24-10-8-22(9-11-24)12-17(22)21(27)28/h3-7,13,15,17H,8-12,14H2,1-2H3,(H,27,28). The molecule has 29 heavy (non-hydrogen) atoms. The molecular weight excluding hydrogens is 370 g/mol. The molecule has 7 heteroatoms. The molecule has 1 aromatic carbocycles. The fraction of sp³-hybridized carbons (Fsp3) is 0.500. The van der Waals surface area contributed by atoms with Crippen LogP contribution in [0.1, 0.15) is 43.6 Å². The van der Waals surface area contributed by atoms with Crippen molar-refractivity contribution in [3.05, 3.63) is 42.2 Å². The maximum atomic E-state index is 13.2. The third kappa shape index (κ3) is 3.86. The van der Waals surface area contributed by atoms with Gasteiger partial charge >= 0.3 is 5.97 Å². The minimum atomic E-state index is -0.712. The zero-order valence-corrected chi connectivity index (χ0v) is 16.9. The Morgan fingerprint density at radius 1 is 1.24 bits per heavy atom. The largest absolute Gasteiger partial charge is 0.489 e. The Morgan fingerprint density at radius 3 is 2.52 bits per heavy atom. The monoisotopic (exact) mass is 397 g/mol. The summed E-state index contributed by atoms with van der Waals surface area (Å²) in [6, 6.07) is 9.63. The summed E-state index contributed by atoms with van der Waals surface area (Å²) in [4.78, 5) is 26.3. The lowest BCUT2D eigenvalue weighted by atomic mass is 9.90. The highest BCUT2D eigenvalue weighted by Gasteiger charge is 2.59. The van der Waals surface area contributed by atoms with Gasteiger partial charge in [-0.2, -0.15) is 5.10 Å². The predicted molar refractivity (Wildman–Crippen MR) is 107 cm³/mol. The molecule has 2 aliphatic rings. The summed E-state index contributed by atoms with van der Waals surface area (Å²) >= 11 is 0. The molecule has 1 unspecified atom stereocenters. The fourth-order valence-electron chi connectivity index (χ4n) is 4.14. The van der Waals surface area contributed by atoms with Crippen LogP contribution in [0.3, 0.4) is 0 Å². The number of carboxylic acids is 1. The van der Waals surface area contributed by atoms with E-state index in [1.165, 1.54) is 0 Å². The van der Waals surface area contributed by atoms with Crippen LogP contribution in [0.5, 0.6) is 5.75 Å². The van der Waals surface area contributed by atoms with E-state index in [0.29, 0.717) is 37.1 Å². The number of ether oxygens (including phenoxy) is 1. The normalized spacial score (nSPS) is 20.1. The third-order valence-electron chi connectivity index (χ3n) is 6.01. The quantitative estimate of drug-likeness (QED) is 0.809. The molecule has 0 radical (unpaired) electrons. The number of piperidine rings is 1. The highest BCUT2D eigenvalue weighted by molar-refractivity contribution is 5.95. The maximum absolute atomic E-state index is 13.2. The Bertz CT molecular complexity index is 898. The van der Waals surface area contributed by atoms with Crippen LogP contribution < -0.4 is 4.74 Å². The zero-order chi connectivity index (χ0) is 20.6. The molecule has 4 rings (SSSR count). The molecule has 1 spiro atoms. The number of aromatic nitrogens is 2. The summed E-state index contributed by atoms with van der Waals surface area (Å²) in [6.07, 6.45) is 3.96. The zero-order valence-electron chi connectivity index (χ0n) is 16.9. The van der Waals surface area contributed by atoms with E-state index < -0.39 is 5.97 Å². The number of likely N-dealkylation sites (tertiary alicyclic amines) is 1. The first-order valence-corrected chi connectivity index (χ1v) is 10.2. The third-order valence-corrected chi connectivity index (χ3v) is 6.01. The average molecular weight is 397 g/mol. The van der Waals surface area contributed by atoms with Gasteiger partial charge in [-0.1, -0.05) is 32.0 Å². The summed E-state index contributed by atoms with van der Waals surface area (Å²) < 4.78 is 7.58. The van der Waals surface area contributed by atoms with Crippen LogP contribution in [0, 0.1) is 17.3 Å². The van der Waals surface area contributed by atoms with Crippen molar-refractivity contribution >= 4 is 11.9 Å². The van der Waals surface area contributed by atoms with Crippen molar-refractivity contribution in [3.63, 3.8) is 0 Å². The number of nitrogens with zero attached hydrogens (tertiary/aromatic N) is 3. The van der Waals surface area contributed by atoms with Crippen molar-refractivity contribution in [3.8, 4) is 11.4 Å². The Balaban J connectivity index is 1.52. The second-order valence-electron chi connectivity index (χ2n) is 8.58. The Hall–Kier alpha value is -2.83. The summed E-state index contributed by atoms with van der Waals surface area (Å²) in [5.74, 6) is -0.295. The highest BCUT2D eigenvalue weighted by atomic mass is 16.5. The number of amides is 1. The van der Waals surface area contributed by atoms with Crippen LogP contribution in [0.4, 0.5) is 0 Å². The van der Waals surface area contributed by atoms with Crippen LogP contribution in [-0.4, -0.2) is 51.4 Å². The number of carboxylic acid groups (broad SMARTS) is 1. The number of hydrogen-bond acceptors (Lipinski definition) is 4. The lowest BCUT2D eigenvalue weighted by Crippen LogP contribution is -2.40. The van der Waals surface area contributed by atoms with Gasteiger partial charge in [0.15, 0.2) is 11.4 Å². The van der Waals surface area contributed by atoms with E-state index in [0.717, 1.165) is 24.9 Å². The van der Waals surface area contributed by atoms with Crippen LogP contribution >= 0.6 is 0 Å². The molecule has 1 N–H and O–H groups in total. The van der Waals surface area contributed by atoms with Gasteiger partial charge in [-0.25, -0.2) is 4.68 Å². The second kappa shape index (κ2) is 7.54. The number of hydrogen-bond donors (Lipinski definition) is 1. The molecular formula is C22H27N3O4. The fourth-order valence-corrected chi connectivity index (χ4v) is 4.14. The molecule has 1 aliphatic heterocycles. The average Bonchev–Trinajstić information content (AvgIpc) is 3.25. The molecule has 1 amide bonds. The molecule has 1 saturated carbocycles. The Morgan fingerprint density at radius 2 is 1.93 bits per heavy atom. The molecule has 2 aromatic rings. The molecule has 1 saturated heterocycles. The van der Waals surface area contributed by atoms with Gasteiger partial charge in [-0.15, -0.1) is 0 Å². The molecule has 2 fully saturated rings. The highest BCUT2D eigenvalue weighted by Crippen LogP contribution is 2.59. The van der Waals surface area contributed by atoms with E-state index >= 15 is 0 Å². The molecule has 0 bridgehead atoms. The molecule has 1 aromatic heterocycles. The van der Waals surface area contributed by atoms with Gasteiger partial charge in [-0.3, -0.25) is 9.59 Å². The number of benzene rings is 1. The van der Waals surface area contributed by atoms with Crippen molar-refractivity contribution in [1.82, 2.24) is 14.7 Å². The van der Waals surface area contributed by atoms with Crippen LogP contribution in [-0.2, 0) is 4.79 Å². The van der Waals surface area contributed by atoms with E-state index in [1.807, 2.05) is 30.3 Å². The molecule has 7 nitrogen and oxygen atoms in total. The van der Waals surface area contributed by atoms with Crippen molar-refractivity contribution in [2.24, 2.45) is 17.3 Å². The Kier molecular flexibility index (Phi) is 5.06. The lowest BCUT2D eigenvalue weighted by molar-refractivity contribution is -0.139. The van der Waals surface area contributed by atoms with Gasteiger partial charge in [0.1, 0.15) is 0 Å². The maximum Gasteiger partial charge on any atom is 0.307 e. The van der Waals surface area contributed by atoms with Crippen molar-refractivity contribution in [2.75, 3.05) is 19.7 Å². The van der Waals surface area contributed by atoms with E-state index in [-0.39, 0.29) is 17.2 Å². The SMILES string of the molecule is CC(C)COc1cn(-c2ccccc2)nc1C(=O)N1CCC2(CC1)CC2C(=O)O. The van der Waals surface area contributed by atoms with E-state index in [9.17, 15) is 14.7 Å². The van der Waals surface area contributed by atoms with Crippen LogP contribution in [0.2, 0.25) is 0 Å². The number of rotatable bonds is 6. The smallest absolute Gasteiger partial charge is 0.307 e. The van der Waals surface area contributed by atoms with E-state index in [2.05, 4.69) is 18.9 Å². The number of carbonyl (C=O) groups is 2. The first-order valence-electron chi connectivity index (χ1n) is 10.2. The van der Waals surface area contributed by atoms with Crippen LogP contribution in [0.15, 0.2) is 36.5 Å². The predicted octanol–water partition coefficient (Wildman–Crippen LogP) is 3.23. The summed E-state index contributed by atoms with van der Waals surface area (Å²) in [5.41, 5.74) is 1.07. The second-order valence-corrected chi connectivity index (χ2v) is 8.58. The van der Waals surface area contributed by atoms with Gasteiger partial charge in [-0.05, 0) is 42.7 Å². The summed E-state index contributed by atoms with van der Waals surface area (Å²) in [7, 11) is 0. The number of carbonyl (C=O) groups excluding carboxylic acids is 1. The topological polar surface area (TPSA) is 84.7 Å². The molecule has 2 heterocycles. The molecule has 1 aliphatic carbocycles. The minimum absolute atomic E-state index is 0.108. The van der Waals surface area contributed by atoms with Gasteiger partial charge in [0.25, 0.3) is 5.91 Å². The van der Waals surface area contributed by atoms with E-state index in [1.54, 1.807) is 15.8 Å².